The van der Waals surface area contributed by atoms with E-state index >= 15 is 0 Å². The molecule has 1 N–H and O–H groups in total. The second-order valence-corrected chi connectivity index (χ2v) is 5.01. The van der Waals surface area contributed by atoms with Crippen molar-refractivity contribution >= 4 is 21.9 Å². The van der Waals surface area contributed by atoms with Crippen LogP contribution in [0.3, 0.4) is 0 Å². The zero-order valence-corrected chi connectivity index (χ0v) is 11.8. The highest BCUT2D eigenvalue weighted by Crippen LogP contribution is 2.23. The molecule has 1 aromatic rings. The molecule has 0 bridgehead atoms. The van der Waals surface area contributed by atoms with Gasteiger partial charge in [0.15, 0.2) is 0 Å². The maximum Gasteiger partial charge on any atom is 0.317 e. The number of benzene rings is 1. The first-order valence-electron chi connectivity index (χ1n) is 5.76. The van der Waals surface area contributed by atoms with E-state index < -0.39 is 5.97 Å². The number of aliphatic carboxylic acids is 1. The number of halogens is 1. The van der Waals surface area contributed by atoms with E-state index in [1.165, 1.54) is 0 Å². The molecule has 0 fully saturated rings. The lowest BCUT2D eigenvalue weighted by atomic mass is 10.1. The molecule has 3 nitrogen and oxygen atoms in total. The summed E-state index contributed by atoms with van der Waals surface area (Å²) in [5, 5.41) is 8.91. The van der Waals surface area contributed by atoms with E-state index in [0.717, 1.165) is 23.0 Å². The summed E-state index contributed by atoms with van der Waals surface area (Å²) in [5.74, 6) is -0.778. The zero-order valence-electron chi connectivity index (χ0n) is 10.2. The van der Waals surface area contributed by atoms with Gasteiger partial charge >= 0.3 is 5.97 Å². The molecule has 4 heteroatoms. The maximum atomic E-state index is 10.8. The van der Waals surface area contributed by atoms with Crippen molar-refractivity contribution < 1.29 is 9.90 Å². The predicted octanol–water partition coefficient (Wildman–Crippen LogP) is 3.31. The van der Waals surface area contributed by atoms with E-state index in [9.17, 15) is 4.79 Å². The molecule has 1 rings (SSSR count). The molecular weight excluding hydrogens is 282 g/mol. The third kappa shape index (κ3) is 4.48. The van der Waals surface area contributed by atoms with Crippen molar-refractivity contribution in [1.82, 2.24) is 4.90 Å². The minimum Gasteiger partial charge on any atom is -0.480 e. The summed E-state index contributed by atoms with van der Waals surface area (Å²) >= 11 is 3.43. The predicted molar refractivity (Wildman–Crippen MR) is 72.1 cm³/mol. The van der Waals surface area contributed by atoms with Gasteiger partial charge in [0.05, 0.1) is 6.54 Å². The minimum atomic E-state index is -0.778. The van der Waals surface area contributed by atoms with Crippen molar-refractivity contribution in [2.45, 2.75) is 26.3 Å². The van der Waals surface area contributed by atoms with Gasteiger partial charge in [0.25, 0.3) is 0 Å². The van der Waals surface area contributed by atoms with Gasteiger partial charge in [-0.05, 0) is 37.6 Å². The van der Waals surface area contributed by atoms with Gasteiger partial charge in [0.2, 0.25) is 0 Å². The average molecular weight is 300 g/mol. The number of carboxylic acids is 1. The Bertz CT molecular complexity index is 381. The Balaban J connectivity index is 2.82. The van der Waals surface area contributed by atoms with Gasteiger partial charge in [-0.15, -0.1) is 0 Å². The molecule has 0 aliphatic rings. The van der Waals surface area contributed by atoms with Crippen LogP contribution in [-0.4, -0.2) is 29.1 Å². The molecule has 1 aromatic carbocycles. The highest BCUT2D eigenvalue weighted by Gasteiger charge is 2.17. The number of hydrogen-bond acceptors (Lipinski definition) is 2. The first kappa shape index (κ1) is 14.2. The number of nitrogens with zero attached hydrogens (tertiary/aromatic N) is 1. The molecule has 0 heterocycles. The fourth-order valence-corrected chi connectivity index (χ4v) is 2.26. The average Bonchev–Trinajstić information content (AvgIpc) is 2.27. The summed E-state index contributed by atoms with van der Waals surface area (Å²) in [6, 6.07) is 8.12. The van der Waals surface area contributed by atoms with E-state index in [4.69, 9.17) is 5.11 Å². The van der Waals surface area contributed by atoms with Crippen LogP contribution in [0.25, 0.3) is 0 Å². The summed E-state index contributed by atoms with van der Waals surface area (Å²) in [6.45, 7) is 4.98. The Kier molecular flexibility index (Phi) is 5.65. The van der Waals surface area contributed by atoms with Crippen LogP contribution < -0.4 is 0 Å². The summed E-state index contributed by atoms with van der Waals surface area (Å²) in [6.07, 6.45) is 0.950. The van der Waals surface area contributed by atoms with Crippen LogP contribution in [-0.2, 0) is 4.79 Å². The third-order valence-electron chi connectivity index (χ3n) is 2.73. The molecule has 0 aliphatic heterocycles. The van der Waals surface area contributed by atoms with Gasteiger partial charge in [-0.25, -0.2) is 0 Å². The maximum absolute atomic E-state index is 10.8. The monoisotopic (exact) mass is 299 g/mol. The molecule has 1 unspecified atom stereocenters. The Morgan fingerprint density at radius 3 is 2.76 bits per heavy atom. The van der Waals surface area contributed by atoms with Gasteiger partial charge in [-0.3, -0.25) is 9.69 Å². The molecule has 0 radical (unpaired) electrons. The van der Waals surface area contributed by atoms with E-state index in [1.807, 2.05) is 36.1 Å². The third-order valence-corrected chi connectivity index (χ3v) is 3.22. The van der Waals surface area contributed by atoms with E-state index in [1.54, 1.807) is 0 Å². The molecule has 0 aliphatic carbocycles. The Hall–Kier alpha value is -0.870. The van der Waals surface area contributed by atoms with Crippen molar-refractivity contribution in [3.8, 4) is 0 Å². The summed E-state index contributed by atoms with van der Waals surface area (Å²) in [4.78, 5) is 12.8. The van der Waals surface area contributed by atoms with Crippen LogP contribution in [0.15, 0.2) is 28.7 Å². The first-order chi connectivity index (χ1) is 8.04. The van der Waals surface area contributed by atoms with Crippen molar-refractivity contribution in [3.05, 3.63) is 34.3 Å². The highest BCUT2D eigenvalue weighted by atomic mass is 79.9. The van der Waals surface area contributed by atoms with Gasteiger partial charge < -0.3 is 5.11 Å². The Morgan fingerprint density at radius 2 is 2.24 bits per heavy atom. The molecular formula is C13H18BrNO2. The molecule has 0 saturated heterocycles. The normalized spacial score (nSPS) is 12.7. The lowest BCUT2D eigenvalue weighted by Gasteiger charge is -2.27. The molecule has 0 aromatic heterocycles. The van der Waals surface area contributed by atoms with Crippen LogP contribution in [0.5, 0.6) is 0 Å². The van der Waals surface area contributed by atoms with Crippen LogP contribution in [0.4, 0.5) is 0 Å². The lowest BCUT2D eigenvalue weighted by Crippen LogP contribution is -2.33. The second kappa shape index (κ2) is 6.77. The molecule has 94 valence electrons. The largest absolute Gasteiger partial charge is 0.480 e. The molecule has 0 spiro atoms. The first-order valence-corrected chi connectivity index (χ1v) is 6.55. The van der Waals surface area contributed by atoms with Gasteiger partial charge in [-0.2, -0.15) is 0 Å². The summed E-state index contributed by atoms with van der Waals surface area (Å²) < 4.78 is 1.02. The fraction of sp³-hybridized carbons (Fsp3) is 0.462. The zero-order chi connectivity index (χ0) is 12.8. The smallest absolute Gasteiger partial charge is 0.317 e. The van der Waals surface area contributed by atoms with Crippen LogP contribution in [0, 0.1) is 0 Å². The topological polar surface area (TPSA) is 40.5 Å². The number of carbonyl (C=O) groups is 1. The van der Waals surface area contributed by atoms with E-state index in [-0.39, 0.29) is 12.6 Å². The fourth-order valence-electron chi connectivity index (χ4n) is 1.85. The van der Waals surface area contributed by atoms with E-state index in [0.29, 0.717) is 0 Å². The molecule has 17 heavy (non-hydrogen) atoms. The second-order valence-electron chi connectivity index (χ2n) is 4.10. The SMILES string of the molecule is CCCN(CC(=O)O)C(C)c1cccc(Br)c1. The summed E-state index contributed by atoms with van der Waals surface area (Å²) in [5.41, 5.74) is 1.13. The van der Waals surface area contributed by atoms with Crippen LogP contribution in [0.2, 0.25) is 0 Å². The molecule has 0 amide bonds. The lowest BCUT2D eigenvalue weighted by molar-refractivity contribution is -0.138. The number of rotatable bonds is 6. The van der Waals surface area contributed by atoms with E-state index in [2.05, 4.69) is 22.9 Å². The molecule has 0 saturated carbocycles. The minimum absolute atomic E-state index is 0.0848. The van der Waals surface area contributed by atoms with Gasteiger partial charge in [-0.1, -0.05) is 35.0 Å². The highest BCUT2D eigenvalue weighted by molar-refractivity contribution is 9.10. The van der Waals surface area contributed by atoms with Crippen molar-refractivity contribution in [1.29, 1.82) is 0 Å². The standard InChI is InChI=1S/C13H18BrNO2/c1-3-7-15(9-13(16)17)10(2)11-5-4-6-12(14)8-11/h4-6,8,10H,3,7,9H2,1-2H3,(H,16,17). The van der Waals surface area contributed by atoms with Crippen molar-refractivity contribution in [2.75, 3.05) is 13.1 Å². The summed E-state index contributed by atoms with van der Waals surface area (Å²) in [7, 11) is 0. The van der Waals surface area contributed by atoms with Crippen molar-refractivity contribution in [2.24, 2.45) is 0 Å². The number of carboxylic acid groups (broad SMARTS) is 1. The van der Waals surface area contributed by atoms with Crippen molar-refractivity contribution in [3.63, 3.8) is 0 Å². The Labute approximate surface area is 111 Å². The molecule has 1 atom stereocenters. The van der Waals surface area contributed by atoms with Crippen LogP contribution >= 0.6 is 15.9 Å². The quantitative estimate of drug-likeness (QED) is 0.876. The number of hydrogen-bond donors (Lipinski definition) is 1. The Morgan fingerprint density at radius 1 is 1.53 bits per heavy atom. The van der Waals surface area contributed by atoms with Gasteiger partial charge in [0.1, 0.15) is 0 Å². The van der Waals surface area contributed by atoms with Gasteiger partial charge in [0, 0.05) is 10.5 Å². The van der Waals surface area contributed by atoms with Crippen LogP contribution in [0.1, 0.15) is 31.9 Å².